The first-order valence-corrected chi connectivity index (χ1v) is 7.13. The van der Waals surface area contributed by atoms with Gasteiger partial charge in [-0.05, 0) is 40.5 Å². The van der Waals surface area contributed by atoms with Crippen LogP contribution in [0.25, 0.3) is 11.4 Å². The first-order chi connectivity index (χ1) is 8.52. The standard InChI is InChI=1S/C12H8BrCl3N2/c1-2-9-10(13)11(16)18-12(17-9)6-3-4-7(14)8(15)5-6/h3-5H,2H2,1H3. The molecule has 1 aromatic carbocycles. The molecule has 0 aliphatic heterocycles. The lowest BCUT2D eigenvalue weighted by molar-refractivity contribution is 0.991. The average molecular weight is 366 g/mol. The van der Waals surface area contributed by atoms with Crippen molar-refractivity contribution in [1.29, 1.82) is 0 Å². The number of hydrogen-bond donors (Lipinski definition) is 0. The molecule has 1 aromatic heterocycles. The number of rotatable bonds is 2. The molecule has 2 aromatic rings. The second kappa shape index (κ2) is 5.74. The average Bonchev–Trinajstić information content (AvgIpc) is 2.36. The Balaban J connectivity index is 2.57. The van der Waals surface area contributed by atoms with E-state index in [9.17, 15) is 0 Å². The summed E-state index contributed by atoms with van der Waals surface area (Å²) in [5.41, 5.74) is 1.64. The van der Waals surface area contributed by atoms with Crippen LogP contribution in [0.3, 0.4) is 0 Å². The Morgan fingerprint density at radius 2 is 1.83 bits per heavy atom. The van der Waals surface area contributed by atoms with Gasteiger partial charge in [0.25, 0.3) is 0 Å². The van der Waals surface area contributed by atoms with Crippen molar-refractivity contribution in [3.05, 3.63) is 43.6 Å². The number of nitrogens with zero attached hydrogens (tertiary/aromatic N) is 2. The monoisotopic (exact) mass is 364 g/mol. The molecular formula is C12H8BrCl3N2. The van der Waals surface area contributed by atoms with Gasteiger partial charge in [-0.3, -0.25) is 0 Å². The summed E-state index contributed by atoms with van der Waals surface area (Å²) in [6, 6.07) is 5.25. The number of halogens is 4. The van der Waals surface area contributed by atoms with Crippen LogP contribution in [0.5, 0.6) is 0 Å². The minimum atomic E-state index is 0.392. The molecule has 6 heteroatoms. The molecule has 0 bridgehead atoms. The highest BCUT2D eigenvalue weighted by Crippen LogP contribution is 2.30. The van der Waals surface area contributed by atoms with Gasteiger partial charge in [0.15, 0.2) is 5.82 Å². The van der Waals surface area contributed by atoms with E-state index in [1.54, 1.807) is 12.1 Å². The lowest BCUT2D eigenvalue weighted by Gasteiger charge is -2.07. The summed E-state index contributed by atoms with van der Waals surface area (Å²) in [6.45, 7) is 2.00. The third-order valence-corrected chi connectivity index (χ3v) is 4.47. The Bertz CT molecular complexity index is 602. The minimum absolute atomic E-state index is 0.392. The fourth-order valence-electron chi connectivity index (χ4n) is 1.46. The topological polar surface area (TPSA) is 25.8 Å². The molecule has 0 saturated carbocycles. The van der Waals surface area contributed by atoms with E-state index in [0.29, 0.717) is 21.0 Å². The quantitative estimate of drug-likeness (QED) is 0.663. The van der Waals surface area contributed by atoms with Crippen molar-refractivity contribution in [2.75, 3.05) is 0 Å². The van der Waals surface area contributed by atoms with Crippen LogP contribution in [0.2, 0.25) is 15.2 Å². The van der Waals surface area contributed by atoms with Crippen molar-refractivity contribution in [3.63, 3.8) is 0 Å². The summed E-state index contributed by atoms with van der Waals surface area (Å²) in [7, 11) is 0. The Morgan fingerprint density at radius 3 is 2.44 bits per heavy atom. The molecule has 1 heterocycles. The van der Waals surface area contributed by atoms with Crippen LogP contribution in [-0.4, -0.2) is 9.97 Å². The van der Waals surface area contributed by atoms with Gasteiger partial charge in [-0.1, -0.05) is 41.7 Å². The van der Waals surface area contributed by atoms with E-state index in [0.717, 1.165) is 22.2 Å². The molecule has 0 aliphatic carbocycles. The second-order valence-electron chi connectivity index (χ2n) is 3.58. The third-order valence-electron chi connectivity index (χ3n) is 2.39. The van der Waals surface area contributed by atoms with E-state index >= 15 is 0 Å². The lowest BCUT2D eigenvalue weighted by atomic mass is 10.2. The van der Waals surface area contributed by atoms with Gasteiger partial charge < -0.3 is 0 Å². The van der Waals surface area contributed by atoms with E-state index in [4.69, 9.17) is 34.8 Å². The van der Waals surface area contributed by atoms with Crippen molar-refractivity contribution >= 4 is 50.7 Å². The maximum absolute atomic E-state index is 6.06. The number of aromatic nitrogens is 2. The smallest absolute Gasteiger partial charge is 0.161 e. The van der Waals surface area contributed by atoms with Crippen molar-refractivity contribution in [2.24, 2.45) is 0 Å². The molecule has 2 nitrogen and oxygen atoms in total. The summed E-state index contributed by atoms with van der Waals surface area (Å²) in [5, 5.41) is 1.36. The van der Waals surface area contributed by atoms with Gasteiger partial charge in [0.2, 0.25) is 0 Å². The molecule has 18 heavy (non-hydrogen) atoms. The van der Waals surface area contributed by atoms with E-state index in [1.165, 1.54) is 0 Å². The van der Waals surface area contributed by atoms with E-state index in [2.05, 4.69) is 25.9 Å². The van der Waals surface area contributed by atoms with Crippen LogP contribution >= 0.6 is 50.7 Å². The van der Waals surface area contributed by atoms with Crippen LogP contribution in [0.4, 0.5) is 0 Å². The van der Waals surface area contributed by atoms with Crippen molar-refractivity contribution in [1.82, 2.24) is 9.97 Å². The lowest BCUT2D eigenvalue weighted by Crippen LogP contribution is -1.97. The highest BCUT2D eigenvalue weighted by Gasteiger charge is 2.11. The van der Waals surface area contributed by atoms with Crippen molar-refractivity contribution in [2.45, 2.75) is 13.3 Å². The van der Waals surface area contributed by atoms with E-state index in [1.807, 2.05) is 13.0 Å². The third kappa shape index (κ3) is 2.80. The van der Waals surface area contributed by atoms with Crippen LogP contribution in [-0.2, 0) is 6.42 Å². The molecule has 2 rings (SSSR count). The maximum atomic E-state index is 6.06. The molecule has 0 spiro atoms. The minimum Gasteiger partial charge on any atom is -0.232 e. The maximum Gasteiger partial charge on any atom is 0.161 e. The fourth-order valence-corrected chi connectivity index (χ4v) is 2.41. The predicted octanol–water partition coefficient (Wildman–Crippen LogP) is 5.43. The van der Waals surface area contributed by atoms with Gasteiger partial charge in [0, 0.05) is 5.56 Å². The van der Waals surface area contributed by atoms with Crippen LogP contribution < -0.4 is 0 Å². The first kappa shape index (κ1) is 14.1. The SMILES string of the molecule is CCc1nc(-c2ccc(Cl)c(Cl)c2)nc(Cl)c1Br. The number of aryl methyl sites for hydroxylation is 1. The van der Waals surface area contributed by atoms with E-state index in [-0.39, 0.29) is 0 Å². The van der Waals surface area contributed by atoms with Gasteiger partial charge in [-0.2, -0.15) is 0 Å². The zero-order valence-corrected chi connectivity index (χ0v) is 13.2. The molecule has 94 valence electrons. The van der Waals surface area contributed by atoms with Crippen LogP contribution in [0.1, 0.15) is 12.6 Å². The molecule has 0 atom stereocenters. The molecular weight excluding hydrogens is 358 g/mol. The summed E-state index contributed by atoms with van der Waals surface area (Å²) in [6.07, 6.45) is 0.761. The highest BCUT2D eigenvalue weighted by atomic mass is 79.9. The molecule has 0 aliphatic rings. The van der Waals surface area contributed by atoms with Crippen LogP contribution in [0, 0.1) is 0 Å². The second-order valence-corrected chi connectivity index (χ2v) is 5.55. The Kier molecular flexibility index (Phi) is 4.49. The predicted molar refractivity (Wildman–Crippen MR) is 79.6 cm³/mol. The van der Waals surface area contributed by atoms with E-state index < -0.39 is 0 Å². The zero-order valence-electron chi connectivity index (χ0n) is 9.35. The first-order valence-electron chi connectivity index (χ1n) is 5.20. The largest absolute Gasteiger partial charge is 0.232 e. The van der Waals surface area contributed by atoms with Crippen molar-refractivity contribution in [3.8, 4) is 11.4 Å². The Hall–Kier alpha value is -0.350. The van der Waals surface area contributed by atoms with Crippen LogP contribution in [0.15, 0.2) is 22.7 Å². The fraction of sp³-hybridized carbons (Fsp3) is 0.167. The Morgan fingerprint density at radius 1 is 1.11 bits per heavy atom. The molecule has 0 N–H and O–H groups in total. The summed E-state index contributed by atoms with van der Waals surface area (Å²) < 4.78 is 0.732. The van der Waals surface area contributed by atoms with Gasteiger partial charge in [0.1, 0.15) is 5.15 Å². The van der Waals surface area contributed by atoms with Gasteiger partial charge in [-0.25, -0.2) is 9.97 Å². The normalized spacial score (nSPS) is 10.7. The molecule has 0 saturated heterocycles. The summed E-state index contributed by atoms with van der Waals surface area (Å²) in [4.78, 5) is 8.68. The van der Waals surface area contributed by atoms with Gasteiger partial charge >= 0.3 is 0 Å². The Labute approximate surface area is 128 Å². The number of benzene rings is 1. The summed E-state index contributed by atoms with van der Waals surface area (Å²) >= 11 is 21.3. The summed E-state index contributed by atoms with van der Waals surface area (Å²) in [5.74, 6) is 0.540. The highest BCUT2D eigenvalue weighted by molar-refractivity contribution is 9.10. The molecule has 0 unspecified atom stereocenters. The van der Waals surface area contributed by atoms with Crippen molar-refractivity contribution < 1.29 is 0 Å². The molecule has 0 radical (unpaired) electrons. The van der Waals surface area contributed by atoms with Gasteiger partial charge in [0.05, 0.1) is 20.2 Å². The molecule has 0 amide bonds. The van der Waals surface area contributed by atoms with Gasteiger partial charge in [-0.15, -0.1) is 0 Å². The molecule has 0 fully saturated rings. The number of hydrogen-bond acceptors (Lipinski definition) is 2. The zero-order chi connectivity index (χ0) is 13.3.